The van der Waals surface area contributed by atoms with Gasteiger partial charge in [0.15, 0.2) is 5.69 Å². The molecule has 0 radical (unpaired) electrons. The van der Waals surface area contributed by atoms with Crippen LogP contribution in [0.5, 0.6) is 5.75 Å². The van der Waals surface area contributed by atoms with Gasteiger partial charge in [-0.2, -0.15) is 0 Å². The molecule has 2 heterocycles. The molecule has 3 aromatic carbocycles. The number of rotatable bonds is 6. The molecular formula is C37H33ClFN5O9. The lowest BCUT2D eigenvalue weighted by Gasteiger charge is -2.49. The van der Waals surface area contributed by atoms with Crippen LogP contribution in [-0.4, -0.2) is 52.7 Å². The zero-order chi connectivity index (χ0) is 38.6. The van der Waals surface area contributed by atoms with Gasteiger partial charge in [-0.1, -0.05) is 35.4 Å². The van der Waals surface area contributed by atoms with Crippen LogP contribution in [0.1, 0.15) is 42.4 Å². The highest BCUT2D eigenvalue weighted by Crippen LogP contribution is 2.64. The summed E-state index contributed by atoms with van der Waals surface area (Å²) in [6.07, 6.45) is 1.82. The van der Waals surface area contributed by atoms with Gasteiger partial charge in [-0.05, 0) is 74.4 Å². The first kappa shape index (κ1) is 35.7. The topological polar surface area (TPSA) is 185 Å². The predicted octanol–water partition coefficient (Wildman–Crippen LogP) is 6.12. The summed E-state index contributed by atoms with van der Waals surface area (Å²) in [7, 11) is 2.79. The van der Waals surface area contributed by atoms with E-state index in [0.717, 1.165) is 28.0 Å². The van der Waals surface area contributed by atoms with E-state index in [2.05, 4.69) is 0 Å². The van der Waals surface area contributed by atoms with Crippen LogP contribution in [0.25, 0.3) is 0 Å². The molecule has 14 nitrogen and oxygen atoms in total. The van der Waals surface area contributed by atoms with Crippen LogP contribution in [0.4, 0.5) is 32.8 Å². The van der Waals surface area contributed by atoms with Crippen molar-refractivity contribution in [2.75, 3.05) is 28.8 Å². The number of aromatic hydroxyl groups is 1. The Morgan fingerprint density at radius 1 is 0.887 bits per heavy atom. The quantitative estimate of drug-likeness (QED) is 0.133. The third-order valence-corrected chi connectivity index (χ3v) is 11.7. The van der Waals surface area contributed by atoms with Gasteiger partial charge < -0.3 is 10.0 Å². The van der Waals surface area contributed by atoms with Crippen molar-refractivity contribution in [1.82, 2.24) is 0 Å². The Labute approximate surface area is 306 Å². The Bertz CT molecular complexity index is 2200. The van der Waals surface area contributed by atoms with E-state index in [0.29, 0.717) is 22.3 Å². The number of nitro benzene ring substituents is 2. The number of fused-ring (bicyclic) bond motifs is 4. The number of imide groups is 2. The van der Waals surface area contributed by atoms with E-state index in [4.69, 9.17) is 11.6 Å². The minimum Gasteiger partial charge on any atom is -0.507 e. The van der Waals surface area contributed by atoms with E-state index in [1.165, 1.54) is 31.1 Å². The number of carbonyl (C=O) groups is 4. The van der Waals surface area contributed by atoms with Crippen LogP contribution < -0.4 is 14.7 Å². The molecular weight excluding hydrogens is 713 g/mol. The van der Waals surface area contributed by atoms with Gasteiger partial charge in [-0.25, -0.2) is 14.2 Å². The van der Waals surface area contributed by atoms with E-state index in [-0.39, 0.29) is 40.7 Å². The fourth-order valence-corrected chi connectivity index (χ4v) is 9.31. The fraction of sp³-hybridized carbons (Fsp3) is 0.351. The largest absolute Gasteiger partial charge is 0.507 e. The van der Waals surface area contributed by atoms with Crippen molar-refractivity contribution in [2.24, 2.45) is 29.1 Å². The standard InChI is InChI=1S/C37H33ClFN5O9/c1-16-10-18(11-17(2)32(16)45)30-21-7-8-22-29(23(21)15-24-34(47)42(36(49)37(24,30)3)19-6-9-26(39)25(38)12-19)35(48)41(33(22)46)20-13-27(43(50)51)31(40(4)5)28(14-20)44(52)53/h6-7,9-14,22-24,29-30,45H,8,15H2,1-5H3. The van der Waals surface area contributed by atoms with Crippen molar-refractivity contribution < 1.29 is 38.5 Å². The minimum absolute atomic E-state index is 0.0290. The maximum absolute atomic E-state index is 14.6. The van der Waals surface area contributed by atoms with Gasteiger partial charge >= 0.3 is 11.4 Å². The number of phenols is 1. The number of nitro groups is 2. The molecule has 2 saturated heterocycles. The summed E-state index contributed by atoms with van der Waals surface area (Å²) in [6, 6.07) is 8.90. The van der Waals surface area contributed by atoms with Gasteiger partial charge in [0.05, 0.1) is 49.4 Å². The zero-order valence-electron chi connectivity index (χ0n) is 29.1. The van der Waals surface area contributed by atoms with Crippen molar-refractivity contribution in [3.05, 3.63) is 102 Å². The number of hydrogen-bond acceptors (Lipinski definition) is 10. The number of anilines is 3. The summed E-state index contributed by atoms with van der Waals surface area (Å²) in [5, 5.41) is 34.6. The molecule has 0 bridgehead atoms. The van der Waals surface area contributed by atoms with Crippen LogP contribution in [0.3, 0.4) is 0 Å². The number of carbonyl (C=O) groups excluding carboxylic acids is 4. The van der Waals surface area contributed by atoms with Gasteiger partial charge in [0.2, 0.25) is 23.6 Å². The second-order valence-corrected chi connectivity index (χ2v) is 14.9. The zero-order valence-corrected chi connectivity index (χ0v) is 29.9. The first-order valence-corrected chi connectivity index (χ1v) is 17.1. The van der Waals surface area contributed by atoms with E-state index in [1.807, 2.05) is 0 Å². The molecule has 4 amide bonds. The third kappa shape index (κ3) is 5.04. The molecule has 4 aliphatic rings. The summed E-state index contributed by atoms with van der Waals surface area (Å²) in [5.74, 6) is -7.95. The Hall–Kier alpha value is -5.70. The molecule has 0 spiro atoms. The highest BCUT2D eigenvalue weighted by atomic mass is 35.5. The van der Waals surface area contributed by atoms with Crippen molar-refractivity contribution in [2.45, 2.75) is 39.5 Å². The number of allylic oxidation sites excluding steroid dienone is 2. The van der Waals surface area contributed by atoms with E-state index < -0.39 is 85.7 Å². The predicted molar refractivity (Wildman–Crippen MR) is 190 cm³/mol. The number of halogens is 2. The van der Waals surface area contributed by atoms with Crippen molar-refractivity contribution in [1.29, 1.82) is 0 Å². The lowest BCUT2D eigenvalue weighted by molar-refractivity contribution is -0.392. The van der Waals surface area contributed by atoms with Crippen LogP contribution in [0.2, 0.25) is 5.02 Å². The third-order valence-electron chi connectivity index (χ3n) is 11.4. The smallest absolute Gasteiger partial charge is 0.301 e. The first-order valence-electron chi connectivity index (χ1n) is 16.8. The Morgan fingerprint density at radius 2 is 1.49 bits per heavy atom. The minimum atomic E-state index is -1.43. The molecule has 1 saturated carbocycles. The van der Waals surface area contributed by atoms with Crippen molar-refractivity contribution in [3.63, 3.8) is 0 Å². The number of aryl methyl sites for hydroxylation is 2. The van der Waals surface area contributed by atoms with Crippen molar-refractivity contribution in [3.8, 4) is 5.75 Å². The molecule has 53 heavy (non-hydrogen) atoms. The highest BCUT2D eigenvalue weighted by molar-refractivity contribution is 6.32. The molecule has 16 heteroatoms. The molecule has 0 aromatic heterocycles. The molecule has 2 aliphatic carbocycles. The SMILES string of the molecule is Cc1cc(C2C3=CCC4C(=O)N(c5cc([N+](=O)[O-])c(N(C)C)c([N+](=O)[O-])c5)C(=O)C4C3CC3C(=O)N(c4ccc(F)c(Cl)c4)C(=O)C32C)cc(C)c1O. The lowest BCUT2D eigenvalue weighted by atomic mass is 9.51. The monoisotopic (exact) mass is 745 g/mol. The molecule has 7 rings (SSSR count). The number of benzene rings is 3. The Morgan fingerprint density at radius 3 is 2.04 bits per heavy atom. The molecule has 1 N–H and O–H groups in total. The van der Waals surface area contributed by atoms with E-state index >= 15 is 0 Å². The van der Waals surface area contributed by atoms with Crippen LogP contribution in [0.15, 0.2) is 54.1 Å². The fourth-order valence-electron chi connectivity index (χ4n) is 9.13. The Balaban J connectivity index is 1.38. The maximum atomic E-state index is 14.6. The Kier molecular flexibility index (Phi) is 8.21. The molecule has 3 aromatic rings. The molecule has 6 atom stereocenters. The normalized spacial score (nSPS) is 26.3. The summed E-state index contributed by atoms with van der Waals surface area (Å²) < 4.78 is 14.2. The summed E-state index contributed by atoms with van der Waals surface area (Å²) in [4.78, 5) is 83.3. The average molecular weight is 746 g/mol. The number of hydrogen-bond donors (Lipinski definition) is 1. The van der Waals surface area contributed by atoms with Crippen LogP contribution >= 0.6 is 11.6 Å². The van der Waals surface area contributed by atoms with Gasteiger partial charge in [-0.3, -0.25) is 39.4 Å². The lowest BCUT2D eigenvalue weighted by Crippen LogP contribution is -2.49. The van der Waals surface area contributed by atoms with Crippen LogP contribution in [0, 0.1) is 69.0 Å². The first-order chi connectivity index (χ1) is 24.9. The van der Waals surface area contributed by atoms with Crippen molar-refractivity contribution >= 4 is 63.7 Å². The summed E-state index contributed by atoms with van der Waals surface area (Å²) in [5.41, 5.74) is -1.09. The summed E-state index contributed by atoms with van der Waals surface area (Å²) >= 11 is 6.07. The van der Waals surface area contributed by atoms with Crippen LogP contribution in [-0.2, 0) is 19.2 Å². The average Bonchev–Trinajstić information content (AvgIpc) is 3.46. The number of nitrogens with zero attached hydrogens (tertiary/aromatic N) is 5. The second kappa shape index (κ2) is 12.2. The number of phenolic OH excluding ortho intramolecular Hbond substituents is 1. The van der Waals surface area contributed by atoms with E-state index in [9.17, 15) is 48.9 Å². The molecule has 2 aliphatic heterocycles. The van der Waals surface area contributed by atoms with Gasteiger partial charge in [0.25, 0.3) is 0 Å². The van der Waals surface area contributed by atoms with E-state index in [1.54, 1.807) is 39.0 Å². The van der Waals surface area contributed by atoms with Gasteiger partial charge in [0.1, 0.15) is 11.6 Å². The summed E-state index contributed by atoms with van der Waals surface area (Å²) in [6.45, 7) is 5.07. The molecule has 274 valence electrons. The molecule has 3 fully saturated rings. The second-order valence-electron chi connectivity index (χ2n) is 14.5. The van der Waals surface area contributed by atoms with Gasteiger partial charge in [-0.15, -0.1) is 0 Å². The number of amides is 4. The maximum Gasteiger partial charge on any atom is 0.301 e. The van der Waals surface area contributed by atoms with Gasteiger partial charge in [0, 0.05) is 32.1 Å². The molecule has 6 unspecified atom stereocenters. The highest BCUT2D eigenvalue weighted by Gasteiger charge is 2.67.